The van der Waals surface area contributed by atoms with E-state index < -0.39 is 24.2 Å². The summed E-state index contributed by atoms with van der Waals surface area (Å²) < 4.78 is 20.6. The normalized spacial score (nSPS) is 10.3. The van der Waals surface area contributed by atoms with Crippen molar-refractivity contribution in [2.24, 2.45) is 0 Å². The smallest absolute Gasteiger partial charge is 0.494 e. The average Bonchev–Trinajstić information content (AvgIpc) is 3.03. The third-order valence-corrected chi connectivity index (χ3v) is 5.62. The zero-order chi connectivity index (χ0) is 31.8. The Bertz CT molecular complexity index is 1030. The molecule has 14 nitrogen and oxygen atoms in total. The SMILES string of the molecule is CCCCOc1ccc(C(=O)OOOC(=O)OCCCCCCOC(=O)OOOC(=O)c2ccc(OCCCC)cc2)cc1. The molecule has 2 rings (SSSR count). The van der Waals surface area contributed by atoms with Gasteiger partial charge in [0.05, 0.1) is 47.6 Å². The van der Waals surface area contributed by atoms with E-state index in [0.717, 1.165) is 25.7 Å². The van der Waals surface area contributed by atoms with Gasteiger partial charge in [-0.1, -0.05) is 26.7 Å². The second kappa shape index (κ2) is 22.0. The molecule has 0 N–H and O–H groups in total. The van der Waals surface area contributed by atoms with E-state index in [-0.39, 0.29) is 24.3 Å². The number of ether oxygens (including phenoxy) is 4. The number of carbonyl (C=O) groups excluding carboxylic acids is 4. The van der Waals surface area contributed by atoms with Crippen molar-refractivity contribution in [3.8, 4) is 11.5 Å². The Balaban J connectivity index is 1.42. The largest absolute Gasteiger partial charge is 0.543 e. The summed E-state index contributed by atoms with van der Waals surface area (Å²) in [5, 5.41) is 8.36. The van der Waals surface area contributed by atoms with Crippen molar-refractivity contribution >= 4 is 24.2 Å². The van der Waals surface area contributed by atoms with E-state index in [1.807, 2.05) is 0 Å². The molecule has 0 saturated heterocycles. The predicted octanol–water partition coefficient (Wildman–Crippen LogP) is 6.62. The van der Waals surface area contributed by atoms with Gasteiger partial charge in [-0.25, -0.2) is 29.0 Å². The molecule has 44 heavy (non-hydrogen) atoms. The summed E-state index contributed by atoms with van der Waals surface area (Å²) in [6, 6.07) is 12.4. The number of benzene rings is 2. The summed E-state index contributed by atoms with van der Waals surface area (Å²) in [5.41, 5.74) is 0.340. The van der Waals surface area contributed by atoms with Crippen LogP contribution in [0.5, 0.6) is 11.5 Å². The van der Waals surface area contributed by atoms with Crippen molar-refractivity contribution in [3.05, 3.63) is 59.7 Å². The molecule has 0 radical (unpaired) electrons. The Morgan fingerprint density at radius 3 is 1.23 bits per heavy atom. The average molecular weight is 623 g/mol. The van der Waals surface area contributed by atoms with E-state index >= 15 is 0 Å². The van der Waals surface area contributed by atoms with Crippen LogP contribution >= 0.6 is 0 Å². The Morgan fingerprint density at radius 1 is 0.477 bits per heavy atom. The number of unbranched alkanes of at least 4 members (excludes halogenated alkanes) is 5. The van der Waals surface area contributed by atoms with Gasteiger partial charge in [0.15, 0.2) is 0 Å². The van der Waals surface area contributed by atoms with Gasteiger partial charge in [-0.3, -0.25) is 9.78 Å². The van der Waals surface area contributed by atoms with Gasteiger partial charge in [0.1, 0.15) is 11.5 Å². The lowest BCUT2D eigenvalue weighted by Crippen LogP contribution is -2.13. The highest BCUT2D eigenvalue weighted by Crippen LogP contribution is 2.15. The van der Waals surface area contributed by atoms with Crippen LogP contribution in [0.2, 0.25) is 0 Å². The summed E-state index contributed by atoms with van der Waals surface area (Å²) in [6.45, 7) is 5.30. The Labute approximate surface area is 255 Å². The van der Waals surface area contributed by atoms with Gasteiger partial charge in [0.25, 0.3) is 0 Å². The molecule has 2 aromatic carbocycles. The quantitative estimate of drug-likeness (QED) is 0.0632. The molecular weight excluding hydrogens is 584 g/mol. The third-order valence-electron chi connectivity index (χ3n) is 5.62. The summed E-state index contributed by atoms with van der Waals surface area (Å²) in [4.78, 5) is 64.1. The van der Waals surface area contributed by atoms with Crippen LogP contribution in [0, 0.1) is 0 Å². The first-order valence-electron chi connectivity index (χ1n) is 14.3. The molecule has 0 aromatic heterocycles. The van der Waals surface area contributed by atoms with Crippen LogP contribution in [0.1, 0.15) is 85.9 Å². The number of rotatable bonds is 21. The summed E-state index contributed by atoms with van der Waals surface area (Å²) in [5.74, 6) is -0.512. The molecule has 0 aliphatic heterocycles. The molecule has 14 heteroatoms. The third kappa shape index (κ3) is 15.6. The van der Waals surface area contributed by atoms with E-state index in [0.29, 0.717) is 50.4 Å². The van der Waals surface area contributed by atoms with Gasteiger partial charge in [-0.2, -0.15) is 0 Å². The minimum atomic E-state index is -1.18. The van der Waals surface area contributed by atoms with Crippen molar-refractivity contribution in [1.29, 1.82) is 0 Å². The maximum Gasteiger partial charge on any atom is 0.543 e. The van der Waals surface area contributed by atoms with Gasteiger partial charge < -0.3 is 18.9 Å². The lowest BCUT2D eigenvalue weighted by molar-refractivity contribution is -0.452. The first kappa shape index (κ1) is 35.6. The summed E-state index contributed by atoms with van der Waals surface area (Å²) in [6.07, 6.45) is 3.73. The maximum absolute atomic E-state index is 11.9. The molecule has 0 aliphatic carbocycles. The van der Waals surface area contributed by atoms with Crippen molar-refractivity contribution in [1.82, 2.24) is 0 Å². The van der Waals surface area contributed by atoms with Crippen LogP contribution in [-0.2, 0) is 39.1 Å². The molecule has 0 bridgehead atoms. The standard InChI is InChI=1S/C30H38O14/c1-3-5-19-35-25-15-11-23(12-16-25)27(31)39-43-41-29(33)37-21-9-7-8-10-22-38-30(34)42-44-40-28(32)24-13-17-26(18-14-24)36-20-6-4-2/h11-18H,3-10,19-22H2,1-2H3. The van der Waals surface area contributed by atoms with Gasteiger partial charge in [0.2, 0.25) is 0 Å². The van der Waals surface area contributed by atoms with Crippen LogP contribution < -0.4 is 9.47 Å². The van der Waals surface area contributed by atoms with Crippen LogP contribution in [0.25, 0.3) is 0 Å². The molecule has 0 heterocycles. The second-order valence-electron chi connectivity index (χ2n) is 9.11. The minimum absolute atomic E-state index is 0.0202. The lowest BCUT2D eigenvalue weighted by atomic mass is 10.2. The maximum atomic E-state index is 11.9. The van der Waals surface area contributed by atoms with Crippen LogP contribution in [0.3, 0.4) is 0 Å². The van der Waals surface area contributed by atoms with E-state index in [1.54, 1.807) is 24.3 Å². The molecule has 0 amide bonds. The Kier molecular flexibility index (Phi) is 17.9. The van der Waals surface area contributed by atoms with Crippen molar-refractivity contribution in [2.45, 2.75) is 65.2 Å². The fourth-order valence-electron chi connectivity index (χ4n) is 3.21. The van der Waals surface area contributed by atoms with Gasteiger partial charge in [0, 0.05) is 0 Å². The molecule has 2 aromatic rings. The zero-order valence-corrected chi connectivity index (χ0v) is 24.8. The topological polar surface area (TPSA) is 161 Å². The Morgan fingerprint density at radius 2 is 0.864 bits per heavy atom. The highest BCUT2D eigenvalue weighted by atomic mass is 17.5. The molecule has 0 saturated carbocycles. The molecule has 0 atom stereocenters. The summed E-state index contributed by atoms with van der Waals surface area (Å²) in [7, 11) is 0. The monoisotopic (exact) mass is 622 g/mol. The summed E-state index contributed by atoms with van der Waals surface area (Å²) >= 11 is 0. The van der Waals surface area contributed by atoms with Crippen molar-refractivity contribution in [2.75, 3.05) is 26.4 Å². The molecule has 0 spiro atoms. The first-order valence-corrected chi connectivity index (χ1v) is 14.3. The van der Waals surface area contributed by atoms with E-state index in [9.17, 15) is 19.2 Å². The molecular formula is C30H38O14. The first-order chi connectivity index (χ1) is 21.4. The minimum Gasteiger partial charge on any atom is -0.494 e. The van der Waals surface area contributed by atoms with E-state index in [4.69, 9.17) is 18.9 Å². The van der Waals surface area contributed by atoms with Gasteiger partial charge >= 0.3 is 24.2 Å². The highest BCUT2D eigenvalue weighted by molar-refractivity contribution is 5.89. The molecule has 0 unspecified atom stereocenters. The molecule has 0 aliphatic rings. The van der Waals surface area contributed by atoms with Crippen LogP contribution in [0.4, 0.5) is 9.59 Å². The van der Waals surface area contributed by atoms with Gasteiger partial charge in [-0.05, 0) is 87.1 Å². The lowest BCUT2D eigenvalue weighted by Gasteiger charge is -2.07. The zero-order valence-electron chi connectivity index (χ0n) is 24.8. The number of hydrogen-bond donors (Lipinski definition) is 0. The van der Waals surface area contributed by atoms with Crippen molar-refractivity contribution in [3.63, 3.8) is 0 Å². The van der Waals surface area contributed by atoms with Gasteiger partial charge in [-0.15, -0.1) is 0 Å². The second-order valence-corrected chi connectivity index (χ2v) is 9.11. The van der Waals surface area contributed by atoms with Crippen LogP contribution in [0.15, 0.2) is 48.5 Å². The number of hydrogen-bond acceptors (Lipinski definition) is 14. The molecule has 0 fully saturated rings. The van der Waals surface area contributed by atoms with Crippen LogP contribution in [-0.4, -0.2) is 50.7 Å². The fraction of sp³-hybridized carbons (Fsp3) is 0.467. The van der Waals surface area contributed by atoms with E-state index in [2.05, 4.69) is 43.5 Å². The predicted molar refractivity (Wildman–Crippen MR) is 150 cm³/mol. The number of carbonyl (C=O) groups is 4. The Hall–Kier alpha value is -4.56. The van der Waals surface area contributed by atoms with Crippen molar-refractivity contribution < 1.29 is 67.8 Å². The highest BCUT2D eigenvalue weighted by Gasteiger charge is 2.14. The van der Waals surface area contributed by atoms with E-state index in [1.165, 1.54) is 24.3 Å². The molecule has 242 valence electrons. The fourth-order valence-corrected chi connectivity index (χ4v) is 3.21.